The fraction of sp³-hybridized carbons (Fsp3) is 0.750. The van der Waals surface area contributed by atoms with Crippen LogP contribution in [0.4, 0.5) is 0 Å². The molecule has 0 bridgehead atoms. The maximum Gasteiger partial charge on any atom is 0.306 e. The average molecular weight is 295 g/mol. The lowest BCUT2D eigenvalue weighted by molar-refractivity contribution is -0.142. The molecule has 0 aromatic carbocycles. The van der Waals surface area contributed by atoms with Crippen LogP contribution in [-0.2, 0) is 4.79 Å². The molecule has 21 heavy (non-hydrogen) atoms. The highest BCUT2D eigenvalue weighted by molar-refractivity contribution is 5.69. The number of hydrogen-bond donors (Lipinski definition) is 2. The number of aliphatic carboxylic acids is 1. The van der Waals surface area contributed by atoms with Gasteiger partial charge in [-0.25, -0.2) is 0 Å². The van der Waals surface area contributed by atoms with Crippen LogP contribution in [-0.4, -0.2) is 41.4 Å². The van der Waals surface area contributed by atoms with Crippen LogP contribution in [0.5, 0.6) is 0 Å². The third-order valence-electron chi connectivity index (χ3n) is 4.35. The number of nitrogens with two attached hydrogens (primary N) is 1. The Morgan fingerprint density at radius 2 is 2.24 bits per heavy atom. The van der Waals surface area contributed by atoms with Gasteiger partial charge in [-0.05, 0) is 50.8 Å². The summed E-state index contributed by atoms with van der Waals surface area (Å²) in [4.78, 5) is 17.5. The fourth-order valence-corrected chi connectivity index (χ4v) is 2.71. The van der Waals surface area contributed by atoms with Gasteiger partial charge in [0.2, 0.25) is 0 Å². The summed E-state index contributed by atoms with van der Waals surface area (Å²) in [5, 5.41) is 9.13. The topological polar surface area (TPSA) is 78.9 Å². The van der Waals surface area contributed by atoms with E-state index in [1.54, 1.807) is 0 Å². The molecule has 0 aromatic rings. The van der Waals surface area contributed by atoms with Crippen molar-refractivity contribution in [3.8, 4) is 0 Å². The predicted octanol–water partition coefficient (Wildman–Crippen LogP) is 2.48. The highest BCUT2D eigenvalue weighted by Crippen LogP contribution is 2.33. The van der Waals surface area contributed by atoms with Crippen molar-refractivity contribution in [1.29, 1.82) is 0 Å². The van der Waals surface area contributed by atoms with Crippen molar-refractivity contribution in [2.24, 2.45) is 22.6 Å². The molecule has 0 radical (unpaired) electrons. The summed E-state index contributed by atoms with van der Waals surface area (Å²) >= 11 is 0. The Hall–Kier alpha value is -1.36. The van der Waals surface area contributed by atoms with Crippen molar-refractivity contribution in [2.45, 2.75) is 51.5 Å². The normalized spacial score (nSPS) is 22.8. The first-order valence-electron chi connectivity index (χ1n) is 7.95. The lowest BCUT2D eigenvalue weighted by Gasteiger charge is -2.40. The summed E-state index contributed by atoms with van der Waals surface area (Å²) in [6, 6.07) is 0.517. The molecule has 5 nitrogen and oxygen atoms in total. The minimum Gasteiger partial charge on any atom is -0.481 e. The van der Waals surface area contributed by atoms with Crippen molar-refractivity contribution in [1.82, 2.24) is 4.90 Å². The number of carbonyl (C=O) groups is 1. The van der Waals surface area contributed by atoms with Gasteiger partial charge < -0.3 is 15.7 Å². The van der Waals surface area contributed by atoms with E-state index >= 15 is 0 Å². The summed E-state index contributed by atoms with van der Waals surface area (Å²) in [7, 11) is 0. The van der Waals surface area contributed by atoms with Crippen LogP contribution >= 0.6 is 0 Å². The van der Waals surface area contributed by atoms with Gasteiger partial charge in [-0.15, -0.1) is 0 Å². The van der Waals surface area contributed by atoms with E-state index < -0.39 is 5.97 Å². The number of aliphatic imine (C=N–C) groups is 1. The minimum absolute atomic E-state index is 0.337. The molecule has 1 saturated carbocycles. The van der Waals surface area contributed by atoms with Gasteiger partial charge in [0, 0.05) is 12.6 Å². The summed E-state index contributed by atoms with van der Waals surface area (Å²) in [6.45, 7) is 7.12. The zero-order chi connectivity index (χ0) is 15.7. The first-order chi connectivity index (χ1) is 10.1. The van der Waals surface area contributed by atoms with E-state index in [1.165, 1.54) is 19.3 Å². The minimum atomic E-state index is -0.746. The van der Waals surface area contributed by atoms with Gasteiger partial charge in [-0.3, -0.25) is 9.79 Å². The zero-order valence-corrected chi connectivity index (χ0v) is 13.1. The Balaban J connectivity index is 2.31. The molecule has 0 aromatic heterocycles. The molecule has 5 heteroatoms. The van der Waals surface area contributed by atoms with E-state index in [0.29, 0.717) is 32.0 Å². The molecule has 1 atom stereocenters. The molecule has 3 N–H and O–H groups in total. The molecule has 1 aliphatic rings. The highest BCUT2D eigenvalue weighted by atomic mass is 16.4. The Bertz CT molecular complexity index is 351. The quantitative estimate of drug-likeness (QED) is 0.453. The fourth-order valence-electron chi connectivity index (χ4n) is 2.71. The van der Waals surface area contributed by atoms with Gasteiger partial charge in [0.25, 0.3) is 0 Å². The first kappa shape index (κ1) is 17.7. The molecule has 0 heterocycles. The number of nitrogens with zero attached hydrogens (tertiary/aromatic N) is 2. The van der Waals surface area contributed by atoms with Gasteiger partial charge >= 0.3 is 5.97 Å². The molecule has 0 spiro atoms. The second-order valence-corrected chi connectivity index (χ2v) is 5.81. The van der Waals surface area contributed by atoms with Crippen LogP contribution in [0, 0.1) is 11.8 Å². The van der Waals surface area contributed by atoms with Gasteiger partial charge in [-0.2, -0.15) is 0 Å². The Morgan fingerprint density at radius 1 is 1.52 bits per heavy atom. The number of carboxylic acids is 1. The summed E-state index contributed by atoms with van der Waals surface area (Å²) in [6.07, 6.45) is 9.20. The summed E-state index contributed by atoms with van der Waals surface area (Å²) < 4.78 is 0. The van der Waals surface area contributed by atoms with Crippen LogP contribution in [0.25, 0.3) is 0 Å². The van der Waals surface area contributed by atoms with Crippen LogP contribution < -0.4 is 5.73 Å². The van der Waals surface area contributed by atoms with E-state index in [-0.39, 0.29) is 5.92 Å². The molecule has 1 aliphatic carbocycles. The number of hydrogen-bond acceptors (Lipinski definition) is 3. The van der Waals surface area contributed by atoms with E-state index in [0.717, 1.165) is 12.3 Å². The molecule has 1 unspecified atom stereocenters. The highest BCUT2D eigenvalue weighted by Gasteiger charge is 2.30. The van der Waals surface area contributed by atoms with Crippen LogP contribution in [0.1, 0.15) is 45.4 Å². The van der Waals surface area contributed by atoms with Crippen molar-refractivity contribution >= 4 is 12.3 Å². The zero-order valence-electron chi connectivity index (χ0n) is 13.1. The molecular formula is C16H29N3O2. The predicted molar refractivity (Wildman–Crippen MR) is 86.2 cm³/mol. The lowest BCUT2D eigenvalue weighted by atomic mass is 9.78. The van der Waals surface area contributed by atoms with Crippen molar-refractivity contribution in [3.05, 3.63) is 12.8 Å². The molecule has 0 amide bonds. The van der Waals surface area contributed by atoms with Crippen molar-refractivity contribution < 1.29 is 9.90 Å². The Morgan fingerprint density at radius 3 is 2.76 bits per heavy atom. The summed E-state index contributed by atoms with van der Waals surface area (Å²) in [5.41, 5.74) is 5.43. The van der Waals surface area contributed by atoms with Crippen LogP contribution in [0.3, 0.4) is 0 Å². The monoisotopic (exact) mass is 295 g/mol. The van der Waals surface area contributed by atoms with Crippen LogP contribution in [0.2, 0.25) is 0 Å². The molecular weight excluding hydrogens is 266 g/mol. The van der Waals surface area contributed by atoms with E-state index in [4.69, 9.17) is 10.8 Å². The number of carboxylic acid groups (broad SMARTS) is 1. The lowest BCUT2D eigenvalue weighted by Crippen LogP contribution is -2.40. The standard InChI is InChI=1S/C16H29N3O2/c1-3-13-10-15(11-13)19(4-2)12-18-9-7-14(16(20)21)6-5-8-17/h4,12-15H,2-3,5-11,17H2,1H3,(H,20,21). The Kier molecular flexibility index (Phi) is 8.05. The van der Waals surface area contributed by atoms with Gasteiger partial charge in [-0.1, -0.05) is 19.9 Å². The second kappa shape index (κ2) is 9.55. The first-order valence-corrected chi connectivity index (χ1v) is 7.95. The molecule has 1 rings (SSSR count). The third-order valence-corrected chi connectivity index (χ3v) is 4.35. The van der Waals surface area contributed by atoms with Gasteiger partial charge in [0.05, 0.1) is 12.3 Å². The van der Waals surface area contributed by atoms with E-state index in [9.17, 15) is 4.79 Å². The van der Waals surface area contributed by atoms with Crippen molar-refractivity contribution in [2.75, 3.05) is 13.1 Å². The van der Waals surface area contributed by atoms with Crippen molar-refractivity contribution in [3.63, 3.8) is 0 Å². The van der Waals surface area contributed by atoms with Crippen LogP contribution in [0.15, 0.2) is 17.8 Å². The molecule has 0 saturated heterocycles. The third kappa shape index (κ3) is 5.87. The molecule has 1 fully saturated rings. The largest absolute Gasteiger partial charge is 0.481 e. The maximum absolute atomic E-state index is 11.1. The number of rotatable bonds is 11. The Labute approximate surface area is 127 Å². The van der Waals surface area contributed by atoms with E-state index in [1.807, 2.05) is 12.5 Å². The SMILES string of the molecule is C=CN(C=NCCC(CCCN)C(=O)O)C1CC(CC)C1. The smallest absolute Gasteiger partial charge is 0.306 e. The van der Waals surface area contributed by atoms with E-state index in [2.05, 4.69) is 23.4 Å². The summed E-state index contributed by atoms with van der Waals surface area (Å²) in [5.74, 6) is -0.251. The van der Waals surface area contributed by atoms with Gasteiger partial charge in [0.1, 0.15) is 0 Å². The second-order valence-electron chi connectivity index (χ2n) is 5.81. The molecule has 0 aliphatic heterocycles. The molecule has 120 valence electrons. The average Bonchev–Trinajstić information content (AvgIpc) is 2.42. The van der Waals surface area contributed by atoms with Gasteiger partial charge in [0.15, 0.2) is 0 Å². The maximum atomic E-state index is 11.1.